The second-order valence-electron chi connectivity index (χ2n) is 5.48. The number of anilines is 1. The second-order valence-corrected chi connectivity index (χ2v) is 5.48. The van der Waals surface area contributed by atoms with E-state index < -0.39 is 0 Å². The van der Waals surface area contributed by atoms with Crippen LogP contribution >= 0.6 is 0 Å². The van der Waals surface area contributed by atoms with Crippen molar-refractivity contribution in [3.8, 4) is 0 Å². The van der Waals surface area contributed by atoms with Crippen molar-refractivity contribution in [2.45, 2.75) is 6.04 Å². The molecule has 1 aromatic heterocycles. The predicted octanol–water partition coefficient (Wildman–Crippen LogP) is 2.78. The van der Waals surface area contributed by atoms with E-state index in [0.717, 1.165) is 29.2 Å². The largest absolute Gasteiger partial charge is 0.370 e. The Kier molecular flexibility index (Phi) is 3.60. The van der Waals surface area contributed by atoms with Gasteiger partial charge < -0.3 is 10.6 Å². The highest BCUT2D eigenvalue weighted by Gasteiger charge is 2.17. The van der Waals surface area contributed by atoms with Crippen LogP contribution in [-0.2, 0) is 0 Å². The molecule has 2 heterocycles. The number of benzene rings is 2. The molecule has 0 aliphatic carbocycles. The summed E-state index contributed by atoms with van der Waals surface area (Å²) in [6.45, 7) is 1.46. The maximum atomic E-state index is 4.73. The highest BCUT2D eigenvalue weighted by molar-refractivity contribution is 5.88. The average Bonchev–Trinajstić information content (AvgIpc) is 3.10. The summed E-state index contributed by atoms with van der Waals surface area (Å²) in [5.41, 5.74) is 3.03. The highest BCUT2D eigenvalue weighted by Crippen LogP contribution is 2.19. The van der Waals surface area contributed by atoms with Crippen molar-refractivity contribution in [2.24, 2.45) is 4.99 Å². The van der Waals surface area contributed by atoms with Gasteiger partial charge in [0.05, 0.1) is 29.8 Å². The van der Waals surface area contributed by atoms with Crippen molar-refractivity contribution in [3.63, 3.8) is 0 Å². The van der Waals surface area contributed by atoms with Gasteiger partial charge in [-0.1, -0.05) is 42.5 Å². The minimum atomic E-state index is 0.190. The average molecular weight is 303 g/mol. The van der Waals surface area contributed by atoms with Crippen molar-refractivity contribution in [2.75, 3.05) is 18.4 Å². The molecule has 1 aliphatic heterocycles. The Morgan fingerprint density at radius 3 is 2.65 bits per heavy atom. The molecule has 1 unspecified atom stereocenters. The molecule has 4 rings (SSSR count). The Hall–Kier alpha value is -2.95. The van der Waals surface area contributed by atoms with Crippen LogP contribution in [0.2, 0.25) is 0 Å². The van der Waals surface area contributed by atoms with Gasteiger partial charge in [-0.15, -0.1) is 0 Å². The SMILES string of the molecule is c1ccc(C2CNC(CNc3cnc4ccccc4n3)=N2)cc1. The molecule has 0 amide bonds. The standard InChI is InChI=1S/C18H17N5/c1-2-6-13(7-3-1)16-10-20-18(23-16)12-21-17-11-19-14-8-4-5-9-15(14)22-17/h1-9,11,16H,10,12H2,(H,20,23)(H,21,22). The number of para-hydroxylation sites is 2. The normalized spacial score (nSPS) is 16.9. The fourth-order valence-corrected chi connectivity index (χ4v) is 2.69. The van der Waals surface area contributed by atoms with Gasteiger partial charge in [-0.25, -0.2) is 4.98 Å². The molecule has 0 spiro atoms. The van der Waals surface area contributed by atoms with Crippen LogP contribution < -0.4 is 10.6 Å². The monoisotopic (exact) mass is 303 g/mol. The van der Waals surface area contributed by atoms with E-state index in [1.54, 1.807) is 6.20 Å². The Morgan fingerprint density at radius 2 is 1.78 bits per heavy atom. The lowest BCUT2D eigenvalue weighted by atomic mass is 10.1. The zero-order chi connectivity index (χ0) is 15.5. The summed E-state index contributed by atoms with van der Waals surface area (Å²) in [6.07, 6.45) is 1.76. The van der Waals surface area contributed by atoms with Gasteiger partial charge in [0, 0.05) is 6.54 Å². The fourth-order valence-electron chi connectivity index (χ4n) is 2.69. The zero-order valence-electron chi connectivity index (χ0n) is 12.6. The van der Waals surface area contributed by atoms with Crippen molar-refractivity contribution < 1.29 is 0 Å². The lowest BCUT2D eigenvalue weighted by molar-refractivity contribution is 0.751. The maximum absolute atomic E-state index is 4.73. The van der Waals surface area contributed by atoms with Crippen LogP contribution in [0.3, 0.4) is 0 Å². The molecule has 0 bridgehead atoms. The van der Waals surface area contributed by atoms with Gasteiger partial charge >= 0.3 is 0 Å². The van der Waals surface area contributed by atoms with Crippen molar-refractivity contribution >= 4 is 22.7 Å². The lowest BCUT2D eigenvalue weighted by Crippen LogP contribution is -2.26. The number of hydrogen-bond acceptors (Lipinski definition) is 5. The van der Waals surface area contributed by atoms with E-state index in [1.807, 2.05) is 42.5 Å². The summed E-state index contributed by atoms with van der Waals surface area (Å²) in [4.78, 5) is 13.7. The molecular weight excluding hydrogens is 286 g/mol. The van der Waals surface area contributed by atoms with Gasteiger partial charge in [0.1, 0.15) is 11.7 Å². The van der Waals surface area contributed by atoms with Crippen LogP contribution in [0.5, 0.6) is 0 Å². The van der Waals surface area contributed by atoms with Crippen LogP contribution in [0.15, 0.2) is 65.8 Å². The first-order valence-electron chi connectivity index (χ1n) is 7.70. The number of aliphatic imine (C=N–C) groups is 1. The Bertz CT molecular complexity index is 844. The van der Waals surface area contributed by atoms with E-state index in [0.29, 0.717) is 6.54 Å². The fraction of sp³-hybridized carbons (Fsp3) is 0.167. The second kappa shape index (κ2) is 6.04. The number of fused-ring (bicyclic) bond motifs is 1. The number of hydrogen-bond donors (Lipinski definition) is 2. The van der Waals surface area contributed by atoms with Gasteiger partial charge in [0.15, 0.2) is 0 Å². The number of aromatic nitrogens is 2. The van der Waals surface area contributed by atoms with Crippen LogP contribution in [0.4, 0.5) is 5.82 Å². The van der Waals surface area contributed by atoms with Gasteiger partial charge in [0.2, 0.25) is 0 Å². The van der Waals surface area contributed by atoms with E-state index in [1.165, 1.54) is 5.56 Å². The summed E-state index contributed by atoms with van der Waals surface area (Å²) in [6, 6.07) is 18.4. The minimum absolute atomic E-state index is 0.190. The summed E-state index contributed by atoms with van der Waals surface area (Å²) < 4.78 is 0. The molecule has 23 heavy (non-hydrogen) atoms. The third-order valence-corrected chi connectivity index (χ3v) is 3.88. The minimum Gasteiger partial charge on any atom is -0.370 e. The third-order valence-electron chi connectivity index (χ3n) is 3.88. The molecule has 114 valence electrons. The molecule has 3 aromatic rings. The number of amidine groups is 1. The molecule has 2 aromatic carbocycles. The smallest absolute Gasteiger partial charge is 0.145 e. The molecule has 2 N–H and O–H groups in total. The Labute approximate surface area is 134 Å². The van der Waals surface area contributed by atoms with E-state index in [4.69, 9.17) is 4.99 Å². The topological polar surface area (TPSA) is 62.2 Å². The van der Waals surface area contributed by atoms with Crippen molar-refractivity contribution in [1.82, 2.24) is 15.3 Å². The van der Waals surface area contributed by atoms with E-state index in [2.05, 4.69) is 32.7 Å². The van der Waals surface area contributed by atoms with Gasteiger partial charge in [-0.3, -0.25) is 9.98 Å². The van der Waals surface area contributed by atoms with Crippen LogP contribution in [-0.4, -0.2) is 28.9 Å². The van der Waals surface area contributed by atoms with Crippen LogP contribution in [0.1, 0.15) is 11.6 Å². The van der Waals surface area contributed by atoms with E-state index in [-0.39, 0.29) is 6.04 Å². The Morgan fingerprint density at radius 1 is 1.00 bits per heavy atom. The first kappa shape index (κ1) is 13.7. The molecule has 0 radical (unpaired) electrons. The number of nitrogens with one attached hydrogen (secondary N) is 2. The highest BCUT2D eigenvalue weighted by atomic mass is 15.1. The third kappa shape index (κ3) is 2.99. The van der Waals surface area contributed by atoms with Crippen LogP contribution in [0.25, 0.3) is 11.0 Å². The van der Waals surface area contributed by atoms with Crippen molar-refractivity contribution in [1.29, 1.82) is 0 Å². The molecular formula is C18H17N5. The predicted molar refractivity (Wildman–Crippen MR) is 92.6 cm³/mol. The first-order chi connectivity index (χ1) is 11.4. The zero-order valence-corrected chi connectivity index (χ0v) is 12.6. The van der Waals surface area contributed by atoms with E-state index >= 15 is 0 Å². The van der Waals surface area contributed by atoms with Crippen LogP contribution in [0, 0.1) is 0 Å². The number of nitrogens with zero attached hydrogens (tertiary/aromatic N) is 3. The summed E-state index contributed by atoms with van der Waals surface area (Å²) in [5, 5.41) is 6.64. The first-order valence-corrected chi connectivity index (χ1v) is 7.70. The van der Waals surface area contributed by atoms with Gasteiger partial charge in [-0.2, -0.15) is 0 Å². The summed E-state index contributed by atoms with van der Waals surface area (Å²) in [5.74, 6) is 1.71. The maximum Gasteiger partial charge on any atom is 0.145 e. The molecule has 0 saturated heterocycles. The molecule has 0 fully saturated rings. The molecule has 1 aliphatic rings. The number of rotatable bonds is 4. The lowest BCUT2D eigenvalue weighted by Gasteiger charge is -2.06. The molecule has 5 nitrogen and oxygen atoms in total. The van der Waals surface area contributed by atoms with Gasteiger partial charge in [0.25, 0.3) is 0 Å². The van der Waals surface area contributed by atoms with E-state index in [9.17, 15) is 0 Å². The quantitative estimate of drug-likeness (QED) is 0.778. The summed E-state index contributed by atoms with van der Waals surface area (Å²) >= 11 is 0. The molecule has 1 atom stereocenters. The molecule has 0 saturated carbocycles. The summed E-state index contributed by atoms with van der Waals surface area (Å²) in [7, 11) is 0. The van der Waals surface area contributed by atoms with Crippen molar-refractivity contribution in [3.05, 3.63) is 66.4 Å². The Balaban J connectivity index is 1.44. The van der Waals surface area contributed by atoms with Gasteiger partial charge in [-0.05, 0) is 17.7 Å². The molecule has 5 heteroatoms.